The second-order valence-electron chi connectivity index (χ2n) is 4.38. The van der Waals surface area contributed by atoms with Crippen LogP contribution in [0.5, 0.6) is 0 Å². The molecule has 1 atom stereocenters. The van der Waals surface area contributed by atoms with Crippen LogP contribution in [0.1, 0.15) is 17.2 Å². The van der Waals surface area contributed by atoms with E-state index >= 15 is 0 Å². The summed E-state index contributed by atoms with van der Waals surface area (Å²) in [7, 11) is 1.94. The van der Waals surface area contributed by atoms with Crippen molar-refractivity contribution in [1.29, 1.82) is 0 Å². The van der Waals surface area contributed by atoms with E-state index in [9.17, 15) is 0 Å². The van der Waals surface area contributed by atoms with E-state index in [1.807, 2.05) is 31.3 Å². The number of nitrogens with one attached hydrogen (secondary N) is 1. The van der Waals surface area contributed by atoms with Crippen LogP contribution >= 0.6 is 39.1 Å². The number of hydrogen-bond donors (Lipinski definition) is 1. The molecule has 0 amide bonds. The van der Waals surface area contributed by atoms with Gasteiger partial charge in [-0.2, -0.15) is 0 Å². The number of likely N-dealkylation sites (N-methyl/N-ethyl adjacent to an activating group) is 1. The average molecular weight is 359 g/mol. The molecule has 0 bridgehead atoms. The largest absolute Gasteiger partial charge is 0.313 e. The molecule has 0 aliphatic rings. The minimum absolute atomic E-state index is 0.186. The van der Waals surface area contributed by atoms with E-state index in [-0.39, 0.29) is 6.04 Å². The number of benzene rings is 2. The Morgan fingerprint density at radius 1 is 1.11 bits per heavy atom. The lowest BCUT2D eigenvalue weighted by atomic mass is 9.99. The minimum atomic E-state index is 0.186. The smallest absolute Gasteiger partial charge is 0.0424 e. The molecule has 0 saturated carbocycles. The summed E-state index contributed by atoms with van der Waals surface area (Å²) in [6, 6.07) is 14.1. The van der Waals surface area contributed by atoms with Gasteiger partial charge in [0.2, 0.25) is 0 Å². The van der Waals surface area contributed by atoms with Crippen LogP contribution in [0.2, 0.25) is 10.0 Å². The van der Waals surface area contributed by atoms with Crippen molar-refractivity contribution in [1.82, 2.24) is 5.32 Å². The van der Waals surface area contributed by atoms with Gasteiger partial charge in [0.05, 0.1) is 0 Å². The fraction of sp³-hybridized carbons (Fsp3) is 0.200. The van der Waals surface area contributed by atoms with Crippen LogP contribution in [0, 0.1) is 0 Å². The van der Waals surface area contributed by atoms with Gasteiger partial charge in [-0.1, -0.05) is 51.3 Å². The molecule has 0 radical (unpaired) electrons. The first kappa shape index (κ1) is 14.9. The summed E-state index contributed by atoms with van der Waals surface area (Å²) >= 11 is 15.6. The van der Waals surface area contributed by atoms with E-state index in [1.165, 1.54) is 5.56 Å². The third-order valence-corrected chi connectivity index (χ3v) is 3.89. The molecular formula is C15H14BrCl2N. The molecule has 0 spiro atoms. The molecule has 0 aliphatic heterocycles. The fourth-order valence-corrected chi connectivity index (χ4v) is 3.05. The Balaban J connectivity index is 2.24. The quantitative estimate of drug-likeness (QED) is 0.786. The van der Waals surface area contributed by atoms with Crippen molar-refractivity contribution in [2.24, 2.45) is 0 Å². The van der Waals surface area contributed by atoms with Crippen molar-refractivity contribution in [3.05, 3.63) is 68.1 Å². The van der Waals surface area contributed by atoms with E-state index in [1.54, 1.807) is 6.07 Å². The van der Waals surface area contributed by atoms with E-state index < -0.39 is 0 Å². The van der Waals surface area contributed by atoms with Gasteiger partial charge in [-0.3, -0.25) is 0 Å². The first-order valence-corrected chi connectivity index (χ1v) is 7.51. The fourth-order valence-electron chi connectivity index (χ4n) is 2.06. The van der Waals surface area contributed by atoms with Crippen LogP contribution in [0.15, 0.2) is 46.9 Å². The normalized spacial score (nSPS) is 12.4. The Bertz CT molecular complexity index is 552. The van der Waals surface area contributed by atoms with Crippen LogP contribution in [-0.2, 0) is 6.42 Å². The van der Waals surface area contributed by atoms with Gasteiger partial charge in [0.1, 0.15) is 0 Å². The molecule has 1 N–H and O–H groups in total. The predicted molar refractivity (Wildman–Crippen MR) is 86.1 cm³/mol. The van der Waals surface area contributed by atoms with Gasteiger partial charge in [0.25, 0.3) is 0 Å². The van der Waals surface area contributed by atoms with Crippen molar-refractivity contribution >= 4 is 39.1 Å². The zero-order valence-electron chi connectivity index (χ0n) is 10.5. The average Bonchev–Trinajstić information content (AvgIpc) is 2.34. The van der Waals surface area contributed by atoms with E-state index in [0.717, 1.165) is 16.5 Å². The molecule has 0 aliphatic carbocycles. The molecule has 0 aromatic heterocycles. The zero-order chi connectivity index (χ0) is 13.8. The van der Waals surface area contributed by atoms with Gasteiger partial charge < -0.3 is 5.32 Å². The molecule has 19 heavy (non-hydrogen) atoms. The lowest BCUT2D eigenvalue weighted by molar-refractivity contribution is 0.592. The molecule has 0 fully saturated rings. The second kappa shape index (κ2) is 6.76. The Labute approximate surface area is 132 Å². The Kier molecular flexibility index (Phi) is 5.28. The maximum Gasteiger partial charge on any atom is 0.0424 e. The van der Waals surface area contributed by atoms with Crippen molar-refractivity contribution in [3.8, 4) is 0 Å². The van der Waals surface area contributed by atoms with Crippen LogP contribution < -0.4 is 5.32 Å². The highest BCUT2D eigenvalue weighted by molar-refractivity contribution is 9.10. The third-order valence-electron chi connectivity index (χ3n) is 2.96. The molecule has 2 aromatic rings. The van der Waals surface area contributed by atoms with Gasteiger partial charge in [-0.05, 0) is 54.9 Å². The Morgan fingerprint density at radius 3 is 2.37 bits per heavy atom. The summed E-state index contributed by atoms with van der Waals surface area (Å²) in [5.74, 6) is 0. The van der Waals surface area contributed by atoms with Crippen molar-refractivity contribution in [3.63, 3.8) is 0 Å². The predicted octanol–water partition coefficient (Wildman–Crippen LogP) is 5.26. The molecular weight excluding hydrogens is 345 g/mol. The summed E-state index contributed by atoms with van der Waals surface area (Å²) < 4.78 is 1.09. The second-order valence-corrected chi connectivity index (χ2v) is 6.17. The van der Waals surface area contributed by atoms with Crippen LogP contribution in [-0.4, -0.2) is 7.05 Å². The third kappa shape index (κ3) is 4.22. The highest BCUT2D eigenvalue weighted by Gasteiger charge is 2.12. The molecule has 1 nitrogen and oxygen atoms in total. The lowest BCUT2D eigenvalue weighted by Gasteiger charge is -2.17. The summed E-state index contributed by atoms with van der Waals surface area (Å²) in [4.78, 5) is 0. The summed E-state index contributed by atoms with van der Waals surface area (Å²) in [5, 5.41) is 4.64. The van der Waals surface area contributed by atoms with Crippen LogP contribution in [0.25, 0.3) is 0 Å². The number of halogens is 3. The summed E-state index contributed by atoms with van der Waals surface area (Å²) in [5.41, 5.74) is 2.35. The van der Waals surface area contributed by atoms with Crippen LogP contribution in [0.3, 0.4) is 0 Å². The van der Waals surface area contributed by atoms with Gasteiger partial charge in [0.15, 0.2) is 0 Å². The highest BCUT2D eigenvalue weighted by atomic mass is 79.9. The lowest BCUT2D eigenvalue weighted by Crippen LogP contribution is -2.18. The summed E-state index contributed by atoms with van der Waals surface area (Å²) in [6.07, 6.45) is 0.882. The minimum Gasteiger partial charge on any atom is -0.313 e. The van der Waals surface area contributed by atoms with E-state index in [0.29, 0.717) is 10.0 Å². The van der Waals surface area contributed by atoms with Gasteiger partial charge >= 0.3 is 0 Å². The first-order valence-electron chi connectivity index (χ1n) is 5.96. The van der Waals surface area contributed by atoms with E-state index in [2.05, 4.69) is 33.4 Å². The highest BCUT2D eigenvalue weighted by Crippen LogP contribution is 2.26. The maximum atomic E-state index is 6.06. The van der Waals surface area contributed by atoms with Gasteiger partial charge in [-0.15, -0.1) is 0 Å². The number of rotatable bonds is 4. The molecule has 4 heteroatoms. The topological polar surface area (TPSA) is 12.0 Å². The molecule has 1 unspecified atom stereocenters. The standard InChI is InChI=1S/C15H14BrCl2N/c1-19-15(6-10-3-2-4-12(16)5-10)11-7-13(17)9-14(18)8-11/h2-5,7-9,15,19H,6H2,1H3. The first-order chi connectivity index (χ1) is 9.08. The maximum absolute atomic E-state index is 6.06. The van der Waals surface area contributed by atoms with Gasteiger partial charge in [-0.25, -0.2) is 0 Å². The zero-order valence-corrected chi connectivity index (χ0v) is 13.6. The SMILES string of the molecule is CNC(Cc1cccc(Br)c1)c1cc(Cl)cc(Cl)c1. The monoisotopic (exact) mass is 357 g/mol. The Hall–Kier alpha value is -0.540. The summed E-state index contributed by atoms with van der Waals surface area (Å²) in [6.45, 7) is 0. The number of hydrogen-bond acceptors (Lipinski definition) is 1. The molecule has 0 heterocycles. The van der Waals surface area contributed by atoms with Crippen molar-refractivity contribution in [2.45, 2.75) is 12.5 Å². The van der Waals surface area contributed by atoms with Crippen molar-refractivity contribution in [2.75, 3.05) is 7.05 Å². The Morgan fingerprint density at radius 2 is 1.79 bits per heavy atom. The van der Waals surface area contributed by atoms with Crippen molar-refractivity contribution < 1.29 is 0 Å². The molecule has 0 saturated heterocycles. The van der Waals surface area contributed by atoms with Crippen LogP contribution in [0.4, 0.5) is 0 Å². The molecule has 2 aromatic carbocycles. The van der Waals surface area contributed by atoms with Gasteiger partial charge in [0, 0.05) is 20.6 Å². The molecule has 100 valence electrons. The van der Waals surface area contributed by atoms with E-state index in [4.69, 9.17) is 23.2 Å². The molecule has 2 rings (SSSR count).